The minimum Gasteiger partial charge on any atom is -0.371 e. The van der Waals surface area contributed by atoms with E-state index in [0.29, 0.717) is 11.8 Å². The monoisotopic (exact) mass is 297 g/mol. The van der Waals surface area contributed by atoms with Crippen LogP contribution in [0.1, 0.15) is 33.3 Å². The van der Waals surface area contributed by atoms with Crippen LogP contribution in [0.2, 0.25) is 0 Å². The zero-order valence-electron chi connectivity index (χ0n) is 11.4. The lowest BCUT2D eigenvalue weighted by Gasteiger charge is -2.28. The number of hydrogen-bond donors (Lipinski definition) is 0. The van der Waals surface area contributed by atoms with E-state index in [4.69, 9.17) is 0 Å². The quantitative estimate of drug-likeness (QED) is 0.688. The number of halogens is 1. The second-order valence-electron chi connectivity index (χ2n) is 5.49. The molecule has 1 rings (SSSR count). The van der Waals surface area contributed by atoms with Crippen LogP contribution < -0.4 is 4.90 Å². The summed E-state index contributed by atoms with van der Waals surface area (Å²) in [5.41, 5.74) is 2.68. The molecule has 1 aromatic rings. The van der Waals surface area contributed by atoms with Gasteiger partial charge in [0.25, 0.3) is 0 Å². The maximum atomic E-state index is 3.49. The number of nitrogens with zero attached hydrogens (tertiary/aromatic N) is 1. The van der Waals surface area contributed by atoms with E-state index in [1.807, 2.05) is 0 Å². The molecule has 0 bridgehead atoms. The molecule has 96 valence electrons. The predicted molar refractivity (Wildman–Crippen MR) is 81.0 cm³/mol. The fraction of sp³-hybridized carbons (Fsp3) is 0.600. The molecule has 0 radical (unpaired) electrons. The molecule has 1 aromatic carbocycles. The van der Waals surface area contributed by atoms with Crippen molar-refractivity contribution >= 4 is 21.6 Å². The Morgan fingerprint density at radius 2 is 1.41 bits per heavy atom. The third kappa shape index (κ3) is 5.12. The van der Waals surface area contributed by atoms with Crippen LogP contribution in [0.5, 0.6) is 0 Å². The van der Waals surface area contributed by atoms with Crippen molar-refractivity contribution < 1.29 is 0 Å². The maximum Gasteiger partial charge on any atom is 0.0366 e. The Bertz CT molecular complexity index is 306. The van der Waals surface area contributed by atoms with Gasteiger partial charge in [-0.15, -0.1) is 0 Å². The van der Waals surface area contributed by atoms with Crippen molar-refractivity contribution in [3.63, 3.8) is 0 Å². The van der Waals surface area contributed by atoms with Crippen LogP contribution in [0.25, 0.3) is 0 Å². The average Bonchev–Trinajstić information content (AvgIpc) is 2.27. The molecule has 0 aliphatic rings. The van der Waals surface area contributed by atoms with Crippen LogP contribution in [-0.2, 0) is 5.33 Å². The normalized spacial score (nSPS) is 11.2. The van der Waals surface area contributed by atoms with E-state index in [1.54, 1.807) is 0 Å². The van der Waals surface area contributed by atoms with Gasteiger partial charge in [0, 0.05) is 24.1 Å². The first-order chi connectivity index (χ1) is 8.02. The summed E-state index contributed by atoms with van der Waals surface area (Å²) in [6.45, 7) is 11.4. The summed E-state index contributed by atoms with van der Waals surface area (Å²) in [7, 11) is 0. The largest absolute Gasteiger partial charge is 0.371 e. The van der Waals surface area contributed by atoms with Gasteiger partial charge < -0.3 is 4.90 Å². The maximum absolute atomic E-state index is 3.49. The molecule has 0 fully saturated rings. The molecule has 0 unspecified atom stereocenters. The van der Waals surface area contributed by atoms with E-state index >= 15 is 0 Å². The number of rotatable bonds is 6. The molecule has 1 nitrogen and oxygen atoms in total. The highest BCUT2D eigenvalue weighted by Gasteiger charge is 2.10. The van der Waals surface area contributed by atoms with Crippen molar-refractivity contribution in [2.24, 2.45) is 11.8 Å². The lowest BCUT2D eigenvalue weighted by molar-refractivity contribution is 0.553. The van der Waals surface area contributed by atoms with E-state index < -0.39 is 0 Å². The van der Waals surface area contributed by atoms with Crippen LogP contribution >= 0.6 is 15.9 Å². The van der Waals surface area contributed by atoms with Crippen molar-refractivity contribution in [1.29, 1.82) is 0 Å². The molecule has 0 saturated heterocycles. The van der Waals surface area contributed by atoms with E-state index in [-0.39, 0.29) is 0 Å². The third-order valence-electron chi connectivity index (χ3n) is 2.63. The molecular weight excluding hydrogens is 274 g/mol. The molecule has 0 aromatic heterocycles. The summed E-state index contributed by atoms with van der Waals surface area (Å²) in [5, 5.41) is 0.932. The van der Waals surface area contributed by atoms with E-state index in [0.717, 1.165) is 18.4 Å². The minimum absolute atomic E-state index is 0.699. The van der Waals surface area contributed by atoms with Crippen LogP contribution in [0.3, 0.4) is 0 Å². The second-order valence-corrected chi connectivity index (χ2v) is 6.05. The fourth-order valence-electron chi connectivity index (χ4n) is 1.96. The Morgan fingerprint density at radius 1 is 0.941 bits per heavy atom. The van der Waals surface area contributed by atoms with E-state index in [2.05, 4.69) is 72.8 Å². The third-order valence-corrected chi connectivity index (χ3v) is 3.27. The predicted octanol–water partition coefficient (Wildman–Crippen LogP) is 4.70. The molecule has 0 heterocycles. The Balaban J connectivity index is 2.79. The van der Waals surface area contributed by atoms with Gasteiger partial charge in [0.05, 0.1) is 0 Å². The summed E-state index contributed by atoms with van der Waals surface area (Å²) in [6, 6.07) is 8.89. The van der Waals surface area contributed by atoms with Crippen LogP contribution in [0, 0.1) is 11.8 Å². The number of anilines is 1. The van der Waals surface area contributed by atoms with Gasteiger partial charge in [-0.1, -0.05) is 55.8 Å². The average molecular weight is 298 g/mol. The summed E-state index contributed by atoms with van der Waals surface area (Å²) in [4.78, 5) is 2.49. The summed E-state index contributed by atoms with van der Waals surface area (Å²) in [6.07, 6.45) is 0. The molecule has 0 spiro atoms. The molecule has 0 N–H and O–H groups in total. The van der Waals surface area contributed by atoms with E-state index in [9.17, 15) is 0 Å². The van der Waals surface area contributed by atoms with Crippen molar-refractivity contribution in [2.75, 3.05) is 18.0 Å². The first-order valence-electron chi connectivity index (χ1n) is 6.42. The molecule has 0 aliphatic carbocycles. The first-order valence-corrected chi connectivity index (χ1v) is 7.55. The summed E-state index contributed by atoms with van der Waals surface area (Å²) < 4.78 is 0. The smallest absolute Gasteiger partial charge is 0.0366 e. The van der Waals surface area contributed by atoms with Gasteiger partial charge in [-0.25, -0.2) is 0 Å². The van der Waals surface area contributed by atoms with Crippen LogP contribution in [0.4, 0.5) is 5.69 Å². The van der Waals surface area contributed by atoms with Gasteiger partial charge >= 0.3 is 0 Å². The Labute approximate surface area is 114 Å². The highest BCUT2D eigenvalue weighted by Crippen LogP contribution is 2.19. The highest BCUT2D eigenvalue weighted by molar-refractivity contribution is 9.08. The van der Waals surface area contributed by atoms with Gasteiger partial charge in [0.1, 0.15) is 0 Å². The van der Waals surface area contributed by atoms with Gasteiger partial charge in [-0.3, -0.25) is 0 Å². The zero-order chi connectivity index (χ0) is 12.8. The molecule has 17 heavy (non-hydrogen) atoms. The summed E-state index contributed by atoms with van der Waals surface area (Å²) >= 11 is 3.49. The Hall–Kier alpha value is -0.500. The topological polar surface area (TPSA) is 3.24 Å². The lowest BCUT2D eigenvalue weighted by Crippen LogP contribution is -2.31. The van der Waals surface area contributed by atoms with Crippen molar-refractivity contribution in [3.8, 4) is 0 Å². The van der Waals surface area contributed by atoms with Gasteiger partial charge in [-0.2, -0.15) is 0 Å². The molecule has 0 aliphatic heterocycles. The number of benzene rings is 1. The van der Waals surface area contributed by atoms with Gasteiger partial charge in [0.2, 0.25) is 0 Å². The second kappa shape index (κ2) is 7.05. The van der Waals surface area contributed by atoms with Gasteiger partial charge in [0.15, 0.2) is 0 Å². The van der Waals surface area contributed by atoms with Gasteiger partial charge in [-0.05, 0) is 29.5 Å². The molecule has 0 saturated carbocycles. The molecule has 0 atom stereocenters. The minimum atomic E-state index is 0.699. The SMILES string of the molecule is CC(C)CN(CC(C)C)c1ccc(CBr)cc1. The highest BCUT2D eigenvalue weighted by atomic mass is 79.9. The number of alkyl halides is 1. The zero-order valence-corrected chi connectivity index (χ0v) is 13.0. The Kier molecular flexibility index (Phi) is 6.04. The Morgan fingerprint density at radius 3 is 1.76 bits per heavy atom. The van der Waals surface area contributed by atoms with Crippen molar-refractivity contribution in [2.45, 2.75) is 33.0 Å². The standard InChI is InChI=1S/C15H24BrN/c1-12(2)10-17(11-13(3)4)15-7-5-14(9-16)6-8-15/h5-8,12-13H,9-11H2,1-4H3. The first kappa shape index (κ1) is 14.6. The fourth-order valence-corrected chi connectivity index (χ4v) is 2.34. The van der Waals surface area contributed by atoms with E-state index in [1.165, 1.54) is 11.3 Å². The lowest BCUT2D eigenvalue weighted by atomic mass is 10.1. The van der Waals surface area contributed by atoms with Crippen LogP contribution in [-0.4, -0.2) is 13.1 Å². The van der Waals surface area contributed by atoms with Crippen LogP contribution in [0.15, 0.2) is 24.3 Å². The van der Waals surface area contributed by atoms with Crippen molar-refractivity contribution in [3.05, 3.63) is 29.8 Å². The number of hydrogen-bond acceptors (Lipinski definition) is 1. The molecule has 2 heteroatoms. The molecular formula is C15H24BrN. The summed E-state index contributed by atoms with van der Waals surface area (Å²) in [5.74, 6) is 1.40. The molecule has 0 amide bonds. The van der Waals surface area contributed by atoms with Crippen molar-refractivity contribution in [1.82, 2.24) is 0 Å².